The zero-order valence-electron chi connectivity index (χ0n) is 15.1. The number of benzene rings is 2. The second-order valence-corrected chi connectivity index (χ2v) is 6.45. The number of ether oxygens (including phenoxy) is 1. The molecule has 0 saturated carbocycles. The number of hydrogen-bond donors (Lipinski definition) is 1. The fraction of sp³-hybridized carbons (Fsp3) is 0.286. The maximum absolute atomic E-state index is 12.3. The van der Waals surface area contributed by atoms with Gasteiger partial charge in [-0.2, -0.15) is 0 Å². The third-order valence-corrected chi connectivity index (χ3v) is 4.63. The molecular weight excluding hydrogens is 340 g/mol. The van der Waals surface area contributed by atoms with Gasteiger partial charge in [0, 0.05) is 37.0 Å². The van der Waals surface area contributed by atoms with Crippen LogP contribution in [0.25, 0.3) is 22.3 Å². The van der Waals surface area contributed by atoms with E-state index in [1.807, 2.05) is 59.5 Å². The first kappa shape index (κ1) is 17.4. The van der Waals surface area contributed by atoms with E-state index in [1.54, 1.807) is 0 Å². The summed E-state index contributed by atoms with van der Waals surface area (Å²) in [6.45, 7) is 3.12. The second-order valence-electron chi connectivity index (χ2n) is 6.45. The number of aromatic nitrogens is 2. The van der Waals surface area contributed by atoms with Crippen LogP contribution < -0.4 is 5.32 Å². The Morgan fingerprint density at radius 1 is 1.00 bits per heavy atom. The van der Waals surface area contributed by atoms with Gasteiger partial charge >= 0.3 is 0 Å². The van der Waals surface area contributed by atoms with Crippen LogP contribution in [0.3, 0.4) is 0 Å². The van der Waals surface area contributed by atoms with Crippen molar-refractivity contribution in [3.8, 4) is 11.4 Å². The lowest BCUT2D eigenvalue weighted by Gasteiger charge is -2.26. The number of carbonyl (C=O) groups excluding carboxylic acids is 1. The highest BCUT2D eigenvalue weighted by Crippen LogP contribution is 2.24. The molecule has 1 N–H and O–H groups in total. The maximum atomic E-state index is 12.3. The first-order valence-electron chi connectivity index (χ1n) is 9.23. The Morgan fingerprint density at radius 2 is 1.74 bits per heavy atom. The van der Waals surface area contributed by atoms with Crippen LogP contribution in [-0.2, 0) is 9.53 Å². The summed E-state index contributed by atoms with van der Waals surface area (Å²) in [4.78, 5) is 23.6. The number of amides is 1. The van der Waals surface area contributed by atoms with Gasteiger partial charge in [0.15, 0.2) is 5.82 Å². The number of rotatable bonds is 5. The Morgan fingerprint density at radius 3 is 2.56 bits per heavy atom. The van der Waals surface area contributed by atoms with E-state index >= 15 is 0 Å². The van der Waals surface area contributed by atoms with Gasteiger partial charge in [0.05, 0.1) is 18.7 Å². The Hall–Kier alpha value is -2.99. The third-order valence-electron chi connectivity index (χ3n) is 4.63. The van der Waals surface area contributed by atoms with Crippen molar-refractivity contribution in [3.05, 3.63) is 54.6 Å². The Kier molecular flexibility index (Phi) is 5.25. The van der Waals surface area contributed by atoms with Crippen LogP contribution in [0.15, 0.2) is 54.6 Å². The summed E-state index contributed by atoms with van der Waals surface area (Å²) in [5.74, 6) is 1.58. The summed E-state index contributed by atoms with van der Waals surface area (Å²) in [7, 11) is 0. The van der Waals surface area contributed by atoms with Crippen molar-refractivity contribution in [1.82, 2.24) is 14.9 Å². The van der Waals surface area contributed by atoms with Gasteiger partial charge < -0.3 is 15.0 Å². The van der Waals surface area contributed by atoms with Crippen molar-refractivity contribution in [2.45, 2.75) is 6.42 Å². The molecule has 2 aromatic carbocycles. The normalized spacial score (nSPS) is 14.3. The van der Waals surface area contributed by atoms with Gasteiger partial charge in [-0.15, -0.1) is 0 Å². The molecule has 1 aliphatic heterocycles. The molecule has 0 unspecified atom stereocenters. The standard InChI is InChI=1S/C21H22N4O2/c26-19(25-12-14-27-15-13-25)10-11-22-21-17-8-4-5-9-18(17)23-20(24-21)16-6-2-1-3-7-16/h1-9H,10-15H2,(H,22,23,24). The number of fused-ring (bicyclic) bond motifs is 1. The van der Waals surface area contributed by atoms with Crippen LogP contribution >= 0.6 is 0 Å². The molecule has 0 radical (unpaired) electrons. The fourth-order valence-corrected chi connectivity index (χ4v) is 3.19. The van der Waals surface area contributed by atoms with E-state index in [1.165, 1.54) is 0 Å². The number of para-hydroxylation sites is 1. The first-order valence-corrected chi connectivity index (χ1v) is 9.23. The van der Waals surface area contributed by atoms with Crippen LogP contribution in [0.2, 0.25) is 0 Å². The van der Waals surface area contributed by atoms with Crippen molar-refractivity contribution in [2.24, 2.45) is 0 Å². The van der Waals surface area contributed by atoms with Crippen molar-refractivity contribution in [3.63, 3.8) is 0 Å². The van der Waals surface area contributed by atoms with Crippen LogP contribution in [0.1, 0.15) is 6.42 Å². The highest BCUT2D eigenvalue weighted by Gasteiger charge is 2.16. The van der Waals surface area contributed by atoms with Gasteiger partial charge in [-0.3, -0.25) is 4.79 Å². The number of carbonyl (C=O) groups is 1. The Labute approximate surface area is 158 Å². The largest absolute Gasteiger partial charge is 0.378 e. The molecule has 0 atom stereocenters. The second kappa shape index (κ2) is 8.14. The summed E-state index contributed by atoms with van der Waals surface area (Å²) in [5, 5.41) is 4.29. The number of nitrogens with zero attached hydrogens (tertiary/aromatic N) is 3. The lowest BCUT2D eigenvalue weighted by Crippen LogP contribution is -2.41. The highest BCUT2D eigenvalue weighted by molar-refractivity contribution is 5.90. The molecule has 1 amide bonds. The quantitative estimate of drug-likeness (QED) is 0.756. The molecule has 0 spiro atoms. The summed E-state index contributed by atoms with van der Waals surface area (Å²) in [6, 6.07) is 17.8. The van der Waals surface area contributed by atoms with E-state index in [0.717, 1.165) is 22.3 Å². The van der Waals surface area contributed by atoms with E-state index in [0.29, 0.717) is 45.1 Å². The maximum Gasteiger partial charge on any atom is 0.224 e. The average Bonchev–Trinajstić information content (AvgIpc) is 2.74. The molecule has 1 fully saturated rings. The lowest BCUT2D eigenvalue weighted by molar-refractivity contribution is -0.134. The molecule has 4 rings (SSSR count). The van der Waals surface area contributed by atoms with Gasteiger partial charge in [0.2, 0.25) is 5.91 Å². The molecule has 138 valence electrons. The number of nitrogens with one attached hydrogen (secondary N) is 1. The third kappa shape index (κ3) is 4.06. The van der Waals surface area contributed by atoms with Crippen molar-refractivity contribution in [2.75, 3.05) is 38.2 Å². The van der Waals surface area contributed by atoms with Crippen molar-refractivity contribution in [1.29, 1.82) is 0 Å². The molecule has 0 bridgehead atoms. The van der Waals surface area contributed by atoms with Gasteiger partial charge in [-0.05, 0) is 12.1 Å². The zero-order valence-corrected chi connectivity index (χ0v) is 15.1. The average molecular weight is 362 g/mol. The Balaban J connectivity index is 1.52. The van der Waals surface area contributed by atoms with E-state index in [4.69, 9.17) is 9.72 Å². The number of morpholine rings is 1. The summed E-state index contributed by atoms with van der Waals surface area (Å²) >= 11 is 0. The minimum absolute atomic E-state index is 0.146. The first-order chi connectivity index (χ1) is 13.3. The molecule has 1 aromatic heterocycles. The zero-order chi connectivity index (χ0) is 18.5. The van der Waals surface area contributed by atoms with Crippen LogP contribution in [0, 0.1) is 0 Å². The molecule has 0 aliphatic carbocycles. The smallest absolute Gasteiger partial charge is 0.224 e. The SMILES string of the molecule is O=C(CCNc1nc(-c2ccccc2)nc2ccccc12)N1CCOCC1. The predicted octanol–water partition coefficient (Wildman–Crippen LogP) is 2.96. The van der Waals surface area contributed by atoms with Crippen LogP contribution in [-0.4, -0.2) is 53.6 Å². The van der Waals surface area contributed by atoms with E-state index in [2.05, 4.69) is 10.3 Å². The molecule has 2 heterocycles. The summed E-state index contributed by atoms with van der Waals surface area (Å²) in [5.41, 5.74) is 1.85. The topological polar surface area (TPSA) is 67.4 Å². The van der Waals surface area contributed by atoms with Gasteiger partial charge in [0.1, 0.15) is 5.82 Å². The molecule has 3 aromatic rings. The molecular formula is C21H22N4O2. The Bertz CT molecular complexity index is 924. The van der Waals surface area contributed by atoms with Crippen molar-refractivity contribution < 1.29 is 9.53 Å². The minimum Gasteiger partial charge on any atom is -0.378 e. The van der Waals surface area contributed by atoms with Gasteiger partial charge in [0.25, 0.3) is 0 Å². The highest BCUT2D eigenvalue weighted by atomic mass is 16.5. The van der Waals surface area contributed by atoms with Gasteiger partial charge in [-0.25, -0.2) is 9.97 Å². The van der Waals surface area contributed by atoms with Crippen LogP contribution in [0.5, 0.6) is 0 Å². The molecule has 1 saturated heterocycles. The molecule has 1 aliphatic rings. The molecule has 6 nitrogen and oxygen atoms in total. The molecule has 27 heavy (non-hydrogen) atoms. The predicted molar refractivity (Wildman–Crippen MR) is 105 cm³/mol. The van der Waals surface area contributed by atoms with Crippen LogP contribution in [0.4, 0.5) is 5.82 Å². The minimum atomic E-state index is 0.146. The van der Waals surface area contributed by atoms with Gasteiger partial charge in [-0.1, -0.05) is 42.5 Å². The summed E-state index contributed by atoms with van der Waals surface area (Å²) < 4.78 is 5.30. The fourth-order valence-electron chi connectivity index (χ4n) is 3.19. The monoisotopic (exact) mass is 362 g/mol. The van der Waals surface area contributed by atoms with E-state index < -0.39 is 0 Å². The number of anilines is 1. The lowest BCUT2D eigenvalue weighted by atomic mass is 10.2. The van der Waals surface area contributed by atoms with Crippen molar-refractivity contribution >= 4 is 22.6 Å². The number of hydrogen-bond acceptors (Lipinski definition) is 5. The molecule has 6 heteroatoms. The van der Waals surface area contributed by atoms with E-state index in [-0.39, 0.29) is 5.91 Å². The van der Waals surface area contributed by atoms with E-state index in [9.17, 15) is 4.79 Å². The summed E-state index contributed by atoms with van der Waals surface area (Å²) in [6.07, 6.45) is 0.430.